The Hall–Kier alpha value is -0.770. The highest BCUT2D eigenvalue weighted by molar-refractivity contribution is 5.67. The van der Waals surface area contributed by atoms with Crippen LogP contribution in [0.15, 0.2) is 0 Å². The van der Waals surface area contributed by atoms with E-state index in [1.165, 1.54) is 7.11 Å². The fraction of sp³-hybridized carbons (Fsp3) is 0.875. The summed E-state index contributed by atoms with van der Waals surface area (Å²) in [6.07, 6.45) is 1.94. The third kappa shape index (κ3) is 2.11. The molecule has 70 valence electrons. The minimum Gasteiger partial charge on any atom is -0.453 e. The van der Waals surface area contributed by atoms with E-state index < -0.39 is 0 Å². The lowest BCUT2D eigenvalue weighted by Crippen LogP contribution is -2.41. The molecule has 1 fully saturated rings. The smallest absolute Gasteiger partial charge is 0.409 e. The van der Waals surface area contributed by atoms with Crippen molar-refractivity contribution in [2.75, 3.05) is 26.7 Å². The van der Waals surface area contributed by atoms with E-state index in [2.05, 4.69) is 4.74 Å². The van der Waals surface area contributed by atoms with E-state index in [-0.39, 0.29) is 6.09 Å². The van der Waals surface area contributed by atoms with Crippen molar-refractivity contribution in [3.8, 4) is 0 Å². The second-order valence-corrected chi connectivity index (χ2v) is 3.16. The summed E-state index contributed by atoms with van der Waals surface area (Å²) in [7, 11) is 1.41. The molecule has 0 spiro atoms. The maximum Gasteiger partial charge on any atom is 0.409 e. The Morgan fingerprint density at radius 2 is 2.50 bits per heavy atom. The molecule has 1 rings (SSSR count). The normalized spacial score (nSPS) is 23.8. The van der Waals surface area contributed by atoms with Crippen molar-refractivity contribution in [2.24, 2.45) is 11.7 Å². The zero-order valence-electron chi connectivity index (χ0n) is 7.45. The Kier molecular flexibility index (Phi) is 3.34. The quantitative estimate of drug-likeness (QED) is 0.623. The Morgan fingerprint density at radius 1 is 1.75 bits per heavy atom. The van der Waals surface area contributed by atoms with Gasteiger partial charge in [-0.05, 0) is 25.3 Å². The first kappa shape index (κ1) is 9.32. The van der Waals surface area contributed by atoms with Crippen LogP contribution < -0.4 is 5.73 Å². The van der Waals surface area contributed by atoms with Crippen LogP contribution >= 0.6 is 0 Å². The highest BCUT2D eigenvalue weighted by Crippen LogP contribution is 2.15. The predicted molar refractivity (Wildman–Crippen MR) is 45.8 cm³/mol. The molecule has 0 aromatic rings. The van der Waals surface area contributed by atoms with Crippen molar-refractivity contribution >= 4 is 6.09 Å². The molecule has 0 saturated carbocycles. The number of ether oxygens (including phenoxy) is 1. The first-order valence-corrected chi connectivity index (χ1v) is 4.31. The minimum absolute atomic E-state index is 0.229. The minimum atomic E-state index is -0.229. The Bertz CT molecular complexity index is 161. The van der Waals surface area contributed by atoms with Crippen LogP contribution in [0.4, 0.5) is 4.79 Å². The summed E-state index contributed by atoms with van der Waals surface area (Å²) < 4.78 is 4.63. The zero-order chi connectivity index (χ0) is 8.97. The predicted octanol–water partition coefficient (Wildman–Crippen LogP) is 0.424. The number of methoxy groups -OCH3 is 1. The summed E-state index contributed by atoms with van der Waals surface area (Å²) in [6, 6.07) is 0. The summed E-state index contributed by atoms with van der Waals surface area (Å²) in [6.45, 7) is 2.22. The summed E-state index contributed by atoms with van der Waals surface area (Å²) in [4.78, 5) is 12.8. The van der Waals surface area contributed by atoms with E-state index in [0.29, 0.717) is 12.5 Å². The molecule has 1 amide bonds. The third-order valence-corrected chi connectivity index (χ3v) is 2.29. The van der Waals surface area contributed by atoms with Gasteiger partial charge in [-0.1, -0.05) is 0 Å². The number of carbonyl (C=O) groups excluding carboxylic acids is 1. The average molecular weight is 172 g/mol. The van der Waals surface area contributed by atoms with Gasteiger partial charge in [0.1, 0.15) is 0 Å². The Labute approximate surface area is 72.7 Å². The van der Waals surface area contributed by atoms with Gasteiger partial charge >= 0.3 is 6.09 Å². The first-order chi connectivity index (χ1) is 5.77. The number of nitrogens with zero attached hydrogens (tertiary/aromatic N) is 1. The number of rotatable bonds is 1. The number of likely N-dealkylation sites (tertiary alicyclic amines) is 1. The van der Waals surface area contributed by atoms with Crippen LogP contribution in [0.5, 0.6) is 0 Å². The molecule has 4 nitrogen and oxygen atoms in total. The van der Waals surface area contributed by atoms with Gasteiger partial charge in [-0.15, -0.1) is 0 Å². The zero-order valence-corrected chi connectivity index (χ0v) is 7.45. The fourth-order valence-electron chi connectivity index (χ4n) is 1.55. The topological polar surface area (TPSA) is 55.6 Å². The van der Waals surface area contributed by atoms with Crippen LogP contribution in [0.3, 0.4) is 0 Å². The largest absolute Gasteiger partial charge is 0.453 e. The second-order valence-electron chi connectivity index (χ2n) is 3.16. The van der Waals surface area contributed by atoms with Crippen LogP contribution in [0.2, 0.25) is 0 Å². The molecule has 0 bridgehead atoms. The van der Waals surface area contributed by atoms with Gasteiger partial charge in [0.25, 0.3) is 0 Å². The van der Waals surface area contributed by atoms with E-state index in [1.54, 1.807) is 4.90 Å². The molecule has 0 radical (unpaired) electrons. The van der Waals surface area contributed by atoms with Crippen LogP contribution in [-0.4, -0.2) is 37.7 Å². The van der Waals surface area contributed by atoms with Crippen molar-refractivity contribution in [1.82, 2.24) is 4.90 Å². The van der Waals surface area contributed by atoms with Gasteiger partial charge in [0.05, 0.1) is 7.11 Å². The van der Waals surface area contributed by atoms with Gasteiger partial charge < -0.3 is 15.4 Å². The maximum absolute atomic E-state index is 11.1. The Balaban J connectivity index is 2.40. The lowest BCUT2D eigenvalue weighted by atomic mass is 9.99. The SMILES string of the molecule is COC(=O)N1CCCC(CN)C1. The van der Waals surface area contributed by atoms with E-state index in [0.717, 1.165) is 25.9 Å². The van der Waals surface area contributed by atoms with E-state index in [9.17, 15) is 4.79 Å². The van der Waals surface area contributed by atoms with Gasteiger partial charge in [0.15, 0.2) is 0 Å². The molecule has 2 N–H and O–H groups in total. The molecule has 1 atom stereocenters. The number of hydrogen-bond donors (Lipinski definition) is 1. The van der Waals surface area contributed by atoms with Gasteiger partial charge in [-0.3, -0.25) is 0 Å². The molecule has 1 saturated heterocycles. The molecule has 4 heteroatoms. The number of amides is 1. The monoisotopic (exact) mass is 172 g/mol. The average Bonchev–Trinajstić information content (AvgIpc) is 2.17. The molecule has 1 heterocycles. The maximum atomic E-state index is 11.1. The molecule has 0 aromatic carbocycles. The van der Waals surface area contributed by atoms with Crippen molar-refractivity contribution in [2.45, 2.75) is 12.8 Å². The lowest BCUT2D eigenvalue weighted by Gasteiger charge is -2.30. The molecular weight excluding hydrogens is 156 g/mol. The fourth-order valence-corrected chi connectivity index (χ4v) is 1.55. The summed E-state index contributed by atoms with van der Waals surface area (Å²) in [5.41, 5.74) is 5.53. The van der Waals surface area contributed by atoms with Gasteiger partial charge in [-0.25, -0.2) is 4.79 Å². The molecule has 12 heavy (non-hydrogen) atoms. The standard InChI is InChI=1S/C8H16N2O2/c1-12-8(11)10-4-2-3-7(5-9)6-10/h7H,2-6,9H2,1H3. The molecule has 0 aliphatic carbocycles. The van der Waals surface area contributed by atoms with Crippen molar-refractivity contribution < 1.29 is 9.53 Å². The van der Waals surface area contributed by atoms with E-state index in [1.807, 2.05) is 0 Å². The van der Waals surface area contributed by atoms with Crippen LogP contribution in [0.25, 0.3) is 0 Å². The number of carbonyl (C=O) groups is 1. The molecular formula is C8H16N2O2. The Morgan fingerprint density at radius 3 is 3.08 bits per heavy atom. The molecule has 0 aromatic heterocycles. The number of nitrogens with two attached hydrogens (primary N) is 1. The van der Waals surface area contributed by atoms with Crippen LogP contribution in [0.1, 0.15) is 12.8 Å². The summed E-state index contributed by atoms with van der Waals surface area (Å²) >= 11 is 0. The number of hydrogen-bond acceptors (Lipinski definition) is 3. The van der Waals surface area contributed by atoms with Crippen molar-refractivity contribution in [1.29, 1.82) is 0 Å². The van der Waals surface area contributed by atoms with Crippen molar-refractivity contribution in [3.05, 3.63) is 0 Å². The first-order valence-electron chi connectivity index (χ1n) is 4.31. The van der Waals surface area contributed by atoms with Crippen LogP contribution in [-0.2, 0) is 4.74 Å². The van der Waals surface area contributed by atoms with Gasteiger partial charge in [0.2, 0.25) is 0 Å². The van der Waals surface area contributed by atoms with E-state index >= 15 is 0 Å². The lowest BCUT2D eigenvalue weighted by molar-refractivity contribution is 0.103. The molecule has 1 unspecified atom stereocenters. The third-order valence-electron chi connectivity index (χ3n) is 2.29. The molecule has 1 aliphatic rings. The van der Waals surface area contributed by atoms with Gasteiger partial charge in [0, 0.05) is 13.1 Å². The second kappa shape index (κ2) is 4.30. The summed E-state index contributed by atoms with van der Waals surface area (Å²) in [5.74, 6) is 0.456. The van der Waals surface area contributed by atoms with Crippen molar-refractivity contribution in [3.63, 3.8) is 0 Å². The van der Waals surface area contributed by atoms with Gasteiger partial charge in [-0.2, -0.15) is 0 Å². The summed E-state index contributed by atoms with van der Waals surface area (Å²) in [5, 5.41) is 0. The highest BCUT2D eigenvalue weighted by Gasteiger charge is 2.22. The van der Waals surface area contributed by atoms with Crippen LogP contribution in [0, 0.1) is 5.92 Å². The molecule has 1 aliphatic heterocycles. The van der Waals surface area contributed by atoms with E-state index in [4.69, 9.17) is 5.73 Å². The highest BCUT2D eigenvalue weighted by atomic mass is 16.5. The number of piperidine rings is 1.